The Kier molecular flexibility index (Phi) is 5.29. The number of fused-ring (bicyclic) bond motifs is 1. The fourth-order valence-corrected chi connectivity index (χ4v) is 4.10. The molecule has 158 valence electrons. The van der Waals surface area contributed by atoms with Crippen LogP contribution in [-0.2, 0) is 0 Å². The molecule has 32 heavy (non-hydrogen) atoms. The van der Waals surface area contributed by atoms with Gasteiger partial charge < -0.3 is 4.74 Å². The topological polar surface area (TPSA) is 67.7 Å². The molecule has 2 heterocycles. The zero-order valence-electron chi connectivity index (χ0n) is 17.3. The monoisotopic (exact) mass is 442 g/mol. The van der Waals surface area contributed by atoms with Gasteiger partial charge in [0.2, 0.25) is 0 Å². The van der Waals surface area contributed by atoms with Crippen LogP contribution in [0.2, 0.25) is 5.02 Å². The minimum Gasteiger partial charge on any atom is -0.497 e. The summed E-state index contributed by atoms with van der Waals surface area (Å²) in [7, 11) is 1.63. The molecule has 0 N–H and O–H groups in total. The van der Waals surface area contributed by atoms with Gasteiger partial charge in [0.15, 0.2) is 0 Å². The van der Waals surface area contributed by atoms with Gasteiger partial charge in [-0.2, -0.15) is 5.10 Å². The third kappa shape index (κ3) is 3.69. The van der Waals surface area contributed by atoms with Crippen molar-refractivity contribution in [3.8, 4) is 5.75 Å². The van der Waals surface area contributed by atoms with Crippen molar-refractivity contribution in [3.63, 3.8) is 0 Å². The fourth-order valence-electron chi connectivity index (χ4n) is 3.88. The molecule has 5 rings (SSSR count). The van der Waals surface area contributed by atoms with E-state index in [4.69, 9.17) is 21.4 Å². The number of hydrogen-bond acceptors (Lipinski definition) is 5. The lowest BCUT2D eigenvalue weighted by molar-refractivity contribution is 0.0711. The average Bonchev–Trinajstić information content (AvgIpc) is 3.29. The molecule has 0 bridgehead atoms. The van der Waals surface area contributed by atoms with Crippen LogP contribution < -0.4 is 4.74 Å². The van der Waals surface area contributed by atoms with Gasteiger partial charge in [0.05, 0.1) is 40.5 Å². The van der Waals surface area contributed by atoms with Gasteiger partial charge in [0.25, 0.3) is 5.91 Å². The molecule has 1 aliphatic heterocycles. The Bertz CT molecular complexity index is 1350. The number of methoxy groups -OCH3 is 1. The van der Waals surface area contributed by atoms with Gasteiger partial charge in [-0.1, -0.05) is 41.9 Å². The SMILES string of the molecule is COc1cccc(C2=NN(C(=O)c3ccccc3Cl)[C@H](c3ccc4nccnc4c3)C2)c1. The summed E-state index contributed by atoms with van der Waals surface area (Å²) in [4.78, 5) is 22.3. The summed E-state index contributed by atoms with van der Waals surface area (Å²) in [5.41, 5.74) is 4.62. The lowest BCUT2D eigenvalue weighted by Crippen LogP contribution is -2.27. The number of ether oxygens (including phenoxy) is 1. The summed E-state index contributed by atoms with van der Waals surface area (Å²) < 4.78 is 5.37. The molecule has 0 saturated carbocycles. The average molecular weight is 443 g/mol. The summed E-state index contributed by atoms with van der Waals surface area (Å²) in [5.74, 6) is 0.483. The molecule has 0 unspecified atom stereocenters. The van der Waals surface area contributed by atoms with Crippen LogP contribution >= 0.6 is 11.6 Å². The van der Waals surface area contributed by atoms with Crippen molar-refractivity contribution in [2.75, 3.05) is 7.11 Å². The number of carbonyl (C=O) groups is 1. The number of rotatable bonds is 4. The molecule has 0 aliphatic carbocycles. The van der Waals surface area contributed by atoms with Crippen molar-refractivity contribution in [1.82, 2.24) is 15.0 Å². The van der Waals surface area contributed by atoms with Gasteiger partial charge in [-0.3, -0.25) is 14.8 Å². The lowest BCUT2D eigenvalue weighted by Gasteiger charge is -2.22. The molecule has 4 aromatic rings. The first-order valence-corrected chi connectivity index (χ1v) is 10.5. The van der Waals surface area contributed by atoms with E-state index in [2.05, 4.69) is 9.97 Å². The van der Waals surface area contributed by atoms with Crippen molar-refractivity contribution in [3.05, 3.63) is 101 Å². The van der Waals surface area contributed by atoms with Crippen LogP contribution in [0.3, 0.4) is 0 Å². The highest BCUT2D eigenvalue weighted by molar-refractivity contribution is 6.33. The maximum Gasteiger partial charge on any atom is 0.276 e. The molecule has 3 aromatic carbocycles. The van der Waals surface area contributed by atoms with E-state index >= 15 is 0 Å². The van der Waals surface area contributed by atoms with E-state index in [9.17, 15) is 4.79 Å². The second kappa shape index (κ2) is 8.40. The number of benzene rings is 3. The predicted molar refractivity (Wildman–Crippen MR) is 124 cm³/mol. The van der Waals surface area contributed by atoms with E-state index in [1.54, 1.807) is 43.8 Å². The molecule has 1 aliphatic rings. The molecule has 0 radical (unpaired) electrons. The summed E-state index contributed by atoms with van der Waals surface area (Å²) in [6, 6.07) is 20.2. The number of nitrogens with zero attached hydrogens (tertiary/aromatic N) is 4. The smallest absolute Gasteiger partial charge is 0.276 e. The maximum absolute atomic E-state index is 13.5. The number of hydrogen-bond donors (Lipinski definition) is 0. The van der Waals surface area contributed by atoms with Crippen LogP contribution in [0, 0.1) is 0 Å². The number of halogens is 1. The minimum absolute atomic E-state index is 0.252. The van der Waals surface area contributed by atoms with Gasteiger partial charge in [0, 0.05) is 24.4 Å². The second-order valence-electron chi connectivity index (χ2n) is 7.43. The van der Waals surface area contributed by atoms with E-state index in [0.29, 0.717) is 17.0 Å². The molecule has 0 saturated heterocycles. The van der Waals surface area contributed by atoms with E-state index < -0.39 is 0 Å². The van der Waals surface area contributed by atoms with E-state index in [1.165, 1.54) is 5.01 Å². The molecule has 1 aromatic heterocycles. The molecule has 0 fully saturated rings. The van der Waals surface area contributed by atoms with Crippen LogP contribution in [0.25, 0.3) is 11.0 Å². The van der Waals surface area contributed by atoms with Crippen LogP contribution in [0.15, 0.2) is 84.2 Å². The standard InChI is InChI=1S/C25H19ClN4O2/c1-32-18-6-4-5-16(13-18)22-15-24(17-9-10-21-23(14-17)28-12-11-27-21)30(29-22)25(31)19-7-2-3-8-20(19)26/h2-14,24H,15H2,1H3/t24-/m0/s1. The first-order valence-electron chi connectivity index (χ1n) is 10.1. The van der Waals surface area contributed by atoms with Gasteiger partial charge in [-0.05, 0) is 42.0 Å². The number of aromatic nitrogens is 2. The summed E-state index contributed by atoms with van der Waals surface area (Å²) in [6.45, 7) is 0. The quantitative estimate of drug-likeness (QED) is 0.431. The van der Waals surface area contributed by atoms with Crippen molar-refractivity contribution in [2.45, 2.75) is 12.5 Å². The molecule has 0 spiro atoms. The first kappa shape index (κ1) is 20.2. The van der Waals surface area contributed by atoms with Gasteiger partial charge in [-0.25, -0.2) is 5.01 Å². The number of amides is 1. The zero-order chi connectivity index (χ0) is 22.1. The molecular weight excluding hydrogens is 424 g/mol. The van der Waals surface area contributed by atoms with Gasteiger partial charge in [-0.15, -0.1) is 0 Å². The third-order valence-corrected chi connectivity index (χ3v) is 5.83. The van der Waals surface area contributed by atoms with Crippen LogP contribution in [0.5, 0.6) is 5.75 Å². The normalized spacial score (nSPS) is 15.6. The van der Waals surface area contributed by atoms with Crippen LogP contribution in [0.1, 0.15) is 33.9 Å². The van der Waals surface area contributed by atoms with Crippen molar-refractivity contribution in [2.24, 2.45) is 5.10 Å². The highest BCUT2D eigenvalue weighted by Crippen LogP contribution is 2.36. The van der Waals surface area contributed by atoms with Gasteiger partial charge in [0.1, 0.15) is 5.75 Å². The maximum atomic E-state index is 13.5. The van der Waals surface area contributed by atoms with Crippen molar-refractivity contribution in [1.29, 1.82) is 0 Å². The number of carbonyl (C=O) groups excluding carboxylic acids is 1. The Morgan fingerprint density at radius 3 is 2.62 bits per heavy atom. The summed E-state index contributed by atoms with van der Waals surface area (Å²) >= 11 is 6.33. The Hall–Kier alpha value is -3.77. The third-order valence-electron chi connectivity index (χ3n) is 5.50. The Balaban J connectivity index is 1.59. The molecule has 1 amide bonds. The van der Waals surface area contributed by atoms with E-state index in [0.717, 1.165) is 33.6 Å². The molecule has 6 nitrogen and oxygen atoms in total. The second-order valence-corrected chi connectivity index (χ2v) is 7.84. The predicted octanol–water partition coefficient (Wildman–Crippen LogP) is 5.28. The lowest BCUT2D eigenvalue weighted by atomic mass is 9.97. The van der Waals surface area contributed by atoms with Gasteiger partial charge >= 0.3 is 0 Å². The van der Waals surface area contributed by atoms with E-state index in [-0.39, 0.29) is 11.9 Å². The fraction of sp³-hybridized carbons (Fsp3) is 0.120. The summed E-state index contributed by atoms with van der Waals surface area (Å²) in [6.07, 6.45) is 3.87. The minimum atomic E-state index is -0.300. The molecular formula is C25H19ClN4O2. The largest absolute Gasteiger partial charge is 0.497 e. The van der Waals surface area contributed by atoms with Crippen molar-refractivity contribution >= 4 is 34.3 Å². The molecule has 1 atom stereocenters. The van der Waals surface area contributed by atoms with Crippen molar-refractivity contribution < 1.29 is 9.53 Å². The highest BCUT2D eigenvalue weighted by Gasteiger charge is 2.34. The highest BCUT2D eigenvalue weighted by atomic mass is 35.5. The number of hydrazone groups is 1. The van der Waals surface area contributed by atoms with E-state index in [1.807, 2.05) is 42.5 Å². The van der Waals surface area contributed by atoms with Crippen LogP contribution in [0.4, 0.5) is 0 Å². The molecule has 7 heteroatoms. The Morgan fingerprint density at radius 1 is 1.00 bits per heavy atom. The summed E-state index contributed by atoms with van der Waals surface area (Å²) in [5, 5.41) is 6.65. The Labute approximate surface area is 190 Å². The zero-order valence-corrected chi connectivity index (χ0v) is 18.0. The van der Waals surface area contributed by atoms with Crippen LogP contribution in [-0.4, -0.2) is 33.7 Å². The Morgan fingerprint density at radius 2 is 1.81 bits per heavy atom. The first-order chi connectivity index (χ1) is 15.6.